The van der Waals surface area contributed by atoms with Crippen molar-refractivity contribution >= 4 is 5.91 Å². The van der Waals surface area contributed by atoms with Gasteiger partial charge in [0.1, 0.15) is 0 Å². The summed E-state index contributed by atoms with van der Waals surface area (Å²) in [7, 11) is 0. The van der Waals surface area contributed by atoms with Crippen LogP contribution in [0.5, 0.6) is 0 Å². The number of ether oxygens (including phenoxy) is 1. The summed E-state index contributed by atoms with van der Waals surface area (Å²) in [5.41, 5.74) is 5.86. The molecule has 0 aliphatic carbocycles. The molecular weight excluding hydrogens is 230 g/mol. The minimum atomic E-state index is -0.00872. The quantitative estimate of drug-likeness (QED) is 0.690. The van der Waals surface area contributed by atoms with E-state index in [0.29, 0.717) is 6.42 Å². The Balaban J connectivity index is 2.17. The molecule has 5 heteroatoms. The zero-order valence-corrected chi connectivity index (χ0v) is 11.7. The highest BCUT2D eigenvalue weighted by Gasteiger charge is 2.16. The molecule has 0 aromatic rings. The van der Waals surface area contributed by atoms with Crippen LogP contribution in [0.25, 0.3) is 0 Å². The number of nitrogens with two attached hydrogens (primary N) is 1. The molecule has 0 saturated carbocycles. The lowest BCUT2D eigenvalue weighted by Crippen LogP contribution is -2.46. The molecule has 18 heavy (non-hydrogen) atoms. The van der Waals surface area contributed by atoms with Crippen molar-refractivity contribution in [3.8, 4) is 0 Å². The molecule has 2 atom stereocenters. The van der Waals surface area contributed by atoms with E-state index in [4.69, 9.17) is 10.5 Å². The average Bonchev–Trinajstić information content (AvgIpc) is 2.29. The fourth-order valence-corrected chi connectivity index (χ4v) is 2.26. The molecule has 1 rings (SSSR count). The number of carbonyl (C=O) groups excluding carboxylic acids is 1. The highest BCUT2D eigenvalue weighted by atomic mass is 16.5. The number of amides is 1. The van der Waals surface area contributed by atoms with Gasteiger partial charge in [0.15, 0.2) is 0 Å². The summed E-state index contributed by atoms with van der Waals surface area (Å²) in [5.74, 6) is 0.0664. The Morgan fingerprint density at radius 3 is 2.72 bits per heavy atom. The van der Waals surface area contributed by atoms with Gasteiger partial charge >= 0.3 is 0 Å². The minimum absolute atomic E-state index is 0.00872. The van der Waals surface area contributed by atoms with E-state index in [1.807, 2.05) is 6.92 Å². The first kappa shape index (κ1) is 15.4. The summed E-state index contributed by atoms with van der Waals surface area (Å²) in [6.07, 6.45) is 2.37. The van der Waals surface area contributed by atoms with Crippen LogP contribution in [0.1, 0.15) is 33.1 Å². The molecule has 2 unspecified atom stereocenters. The zero-order chi connectivity index (χ0) is 13.4. The van der Waals surface area contributed by atoms with E-state index in [1.54, 1.807) is 0 Å². The SMILES string of the molecule is CCCC(N)CC(=O)NC(C)CN1CCOCC1. The molecular formula is C13H27N3O2. The Hall–Kier alpha value is -0.650. The van der Waals surface area contributed by atoms with Crippen molar-refractivity contribution in [2.75, 3.05) is 32.8 Å². The van der Waals surface area contributed by atoms with Gasteiger partial charge in [-0.1, -0.05) is 13.3 Å². The van der Waals surface area contributed by atoms with E-state index in [9.17, 15) is 4.79 Å². The maximum Gasteiger partial charge on any atom is 0.221 e. The maximum atomic E-state index is 11.7. The predicted octanol–water partition coefficient (Wildman–Crippen LogP) is 0.341. The number of hydrogen-bond acceptors (Lipinski definition) is 4. The normalized spacial score (nSPS) is 20.4. The highest BCUT2D eigenvalue weighted by molar-refractivity contribution is 5.76. The van der Waals surface area contributed by atoms with Crippen molar-refractivity contribution in [2.45, 2.75) is 45.2 Å². The molecule has 1 aliphatic rings. The van der Waals surface area contributed by atoms with Crippen LogP contribution in [0.3, 0.4) is 0 Å². The van der Waals surface area contributed by atoms with Crippen LogP contribution in [0.2, 0.25) is 0 Å². The third-order valence-corrected chi connectivity index (χ3v) is 3.15. The second-order valence-electron chi connectivity index (χ2n) is 5.13. The first-order valence-corrected chi connectivity index (χ1v) is 6.96. The number of rotatable bonds is 7. The van der Waals surface area contributed by atoms with Crippen molar-refractivity contribution < 1.29 is 9.53 Å². The number of nitrogens with one attached hydrogen (secondary N) is 1. The van der Waals surface area contributed by atoms with Crippen LogP contribution in [0.15, 0.2) is 0 Å². The summed E-state index contributed by atoms with van der Waals surface area (Å²) in [4.78, 5) is 14.1. The third kappa shape index (κ3) is 6.33. The summed E-state index contributed by atoms with van der Waals surface area (Å²) in [6.45, 7) is 8.50. The molecule has 106 valence electrons. The molecule has 0 aromatic carbocycles. The lowest BCUT2D eigenvalue weighted by Gasteiger charge is -2.29. The van der Waals surface area contributed by atoms with Crippen molar-refractivity contribution in [3.63, 3.8) is 0 Å². The van der Waals surface area contributed by atoms with Gasteiger partial charge in [0.25, 0.3) is 0 Å². The summed E-state index contributed by atoms with van der Waals surface area (Å²) in [6, 6.07) is 0.162. The van der Waals surface area contributed by atoms with Crippen LogP contribution < -0.4 is 11.1 Å². The van der Waals surface area contributed by atoms with Crippen molar-refractivity contribution in [3.05, 3.63) is 0 Å². The van der Waals surface area contributed by atoms with Gasteiger partial charge in [0.2, 0.25) is 5.91 Å². The molecule has 3 N–H and O–H groups in total. The smallest absolute Gasteiger partial charge is 0.221 e. The zero-order valence-electron chi connectivity index (χ0n) is 11.7. The molecule has 0 radical (unpaired) electrons. The fraction of sp³-hybridized carbons (Fsp3) is 0.923. The van der Waals surface area contributed by atoms with Gasteiger partial charge in [-0.25, -0.2) is 0 Å². The van der Waals surface area contributed by atoms with E-state index >= 15 is 0 Å². The lowest BCUT2D eigenvalue weighted by molar-refractivity contribution is -0.122. The second kappa shape index (κ2) is 8.45. The summed E-state index contributed by atoms with van der Waals surface area (Å²) < 4.78 is 5.30. The van der Waals surface area contributed by atoms with Crippen LogP contribution in [0.4, 0.5) is 0 Å². The van der Waals surface area contributed by atoms with Crippen LogP contribution in [-0.2, 0) is 9.53 Å². The molecule has 0 spiro atoms. The van der Waals surface area contributed by atoms with Crippen molar-refractivity contribution in [1.82, 2.24) is 10.2 Å². The van der Waals surface area contributed by atoms with Gasteiger partial charge in [-0.15, -0.1) is 0 Å². The third-order valence-electron chi connectivity index (χ3n) is 3.15. The Bertz CT molecular complexity index is 242. The standard InChI is InChI=1S/C13H27N3O2/c1-3-4-12(14)9-13(17)15-11(2)10-16-5-7-18-8-6-16/h11-12H,3-10,14H2,1-2H3,(H,15,17). The first-order valence-electron chi connectivity index (χ1n) is 6.96. The lowest BCUT2D eigenvalue weighted by atomic mass is 10.1. The van der Waals surface area contributed by atoms with Crippen LogP contribution >= 0.6 is 0 Å². The molecule has 0 aromatic heterocycles. The van der Waals surface area contributed by atoms with Crippen LogP contribution in [-0.4, -0.2) is 55.7 Å². The van der Waals surface area contributed by atoms with Crippen LogP contribution in [0, 0.1) is 0 Å². The summed E-state index contributed by atoms with van der Waals surface area (Å²) >= 11 is 0. The molecule has 0 bridgehead atoms. The van der Waals surface area contributed by atoms with E-state index in [0.717, 1.165) is 45.7 Å². The summed E-state index contributed by atoms with van der Waals surface area (Å²) in [5, 5.41) is 3.02. The number of hydrogen-bond donors (Lipinski definition) is 2. The van der Waals surface area contributed by atoms with Gasteiger partial charge in [0, 0.05) is 38.1 Å². The van der Waals surface area contributed by atoms with Gasteiger partial charge in [0.05, 0.1) is 13.2 Å². The fourth-order valence-electron chi connectivity index (χ4n) is 2.26. The number of carbonyl (C=O) groups is 1. The Labute approximate surface area is 110 Å². The Morgan fingerprint density at radius 1 is 1.44 bits per heavy atom. The molecule has 5 nitrogen and oxygen atoms in total. The van der Waals surface area contributed by atoms with E-state index in [1.165, 1.54) is 0 Å². The first-order chi connectivity index (χ1) is 8.61. The average molecular weight is 257 g/mol. The number of nitrogens with zero attached hydrogens (tertiary/aromatic N) is 1. The molecule has 1 aliphatic heterocycles. The molecule has 1 amide bonds. The predicted molar refractivity (Wildman–Crippen MR) is 72.4 cm³/mol. The topological polar surface area (TPSA) is 67.6 Å². The van der Waals surface area contributed by atoms with E-state index in [-0.39, 0.29) is 18.0 Å². The minimum Gasteiger partial charge on any atom is -0.379 e. The van der Waals surface area contributed by atoms with Crippen molar-refractivity contribution in [2.24, 2.45) is 5.73 Å². The van der Waals surface area contributed by atoms with Gasteiger partial charge in [-0.05, 0) is 13.3 Å². The number of morpholine rings is 1. The Kier molecular flexibility index (Phi) is 7.23. The highest BCUT2D eigenvalue weighted by Crippen LogP contribution is 2.01. The Morgan fingerprint density at radius 2 is 2.11 bits per heavy atom. The van der Waals surface area contributed by atoms with Crippen molar-refractivity contribution in [1.29, 1.82) is 0 Å². The largest absolute Gasteiger partial charge is 0.379 e. The van der Waals surface area contributed by atoms with E-state index < -0.39 is 0 Å². The second-order valence-corrected chi connectivity index (χ2v) is 5.13. The van der Waals surface area contributed by atoms with Gasteiger partial charge in [-0.2, -0.15) is 0 Å². The van der Waals surface area contributed by atoms with E-state index in [2.05, 4.69) is 17.1 Å². The monoisotopic (exact) mass is 257 g/mol. The van der Waals surface area contributed by atoms with Gasteiger partial charge < -0.3 is 15.8 Å². The van der Waals surface area contributed by atoms with Gasteiger partial charge in [-0.3, -0.25) is 9.69 Å². The molecule has 1 heterocycles. The molecule has 1 fully saturated rings. The molecule has 1 saturated heterocycles. The maximum absolute atomic E-state index is 11.7.